The van der Waals surface area contributed by atoms with Crippen LogP contribution >= 0.6 is 11.6 Å². The molecule has 0 bridgehead atoms. The van der Waals surface area contributed by atoms with Gasteiger partial charge in [0.05, 0.1) is 29.4 Å². The number of hydrogen-bond acceptors (Lipinski definition) is 6. The van der Waals surface area contributed by atoms with Crippen molar-refractivity contribution in [1.29, 1.82) is 0 Å². The average Bonchev–Trinajstić information content (AvgIpc) is 2.72. The molecule has 6 nitrogen and oxygen atoms in total. The third-order valence-corrected chi connectivity index (χ3v) is 4.28. The molecule has 3 rings (SSSR count). The molecule has 0 atom stereocenters. The number of aromatic nitrogens is 2. The van der Waals surface area contributed by atoms with Crippen LogP contribution in [0.25, 0.3) is 11.3 Å². The van der Waals surface area contributed by atoms with Crippen molar-refractivity contribution in [3.05, 3.63) is 71.0 Å². The van der Waals surface area contributed by atoms with Gasteiger partial charge in [-0.05, 0) is 49.4 Å². The number of rotatable bonds is 8. The molecular formula is C22H17ClF2N2O4. The molecule has 160 valence electrons. The van der Waals surface area contributed by atoms with Gasteiger partial charge >= 0.3 is 5.97 Å². The highest BCUT2D eigenvalue weighted by Crippen LogP contribution is 2.27. The minimum Gasteiger partial charge on any atom is -0.466 e. The Hall–Kier alpha value is -3.39. The Balaban J connectivity index is 1.73. The Bertz CT molecular complexity index is 1110. The van der Waals surface area contributed by atoms with Crippen LogP contribution in [0.2, 0.25) is 5.02 Å². The van der Waals surface area contributed by atoms with Gasteiger partial charge in [0.1, 0.15) is 23.8 Å². The molecule has 0 aliphatic rings. The lowest BCUT2D eigenvalue weighted by Crippen LogP contribution is -2.14. The molecule has 2 heterocycles. The van der Waals surface area contributed by atoms with Crippen molar-refractivity contribution in [2.45, 2.75) is 19.8 Å². The zero-order valence-electron chi connectivity index (χ0n) is 16.4. The first-order valence-corrected chi connectivity index (χ1v) is 9.65. The van der Waals surface area contributed by atoms with Crippen LogP contribution in [0.4, 0.5) is 8.78 Å². The normalized spacial score (nSPS) is 10.6. The van der Waals surface area contributed by atoms with E-state index in [1.54, 1.807) is 31.2 Å². The van der Waals surface area contributed by atoms with Crippen LogP contribution in [0.15, 0.2) is 48.7 Å². The zero-order chi connectivity index (χ0) is 22.4. The number of ether oxygens (including phenoxy) is 2. The van der Waals surface area contributed by atoms with E-state index in [4.69, 9.17) is 21.1 Å². The molecule has 0 unspecified atom stereocenters. The number of Topliss-reactive ketones (excluding diaryl/α,β-unsaturated/α-hetero) is 1. The Morgan fingerprint density at radius 2 is 1.81 bits per heavy atom. The van der Waals surface area contributed by atoms with E-state index in [-0.39, 0.29) is 29.6 Å². The van der Waals surface area contributed by atoms with Crippen LogP contribution in [-0.4, -0.2) is 28.3 Å². The van der Waals surface area contributed by atoms with E-state index in [1.165, 1.54) is 18.3 Å². The zero-order valence-corrected chi connectivity index (χ0v) is 17.2. The highest BCUT2D eigenvalue weighted by Gasteiger charge is 2.16. The summed E-state index contributed by atoms with van der Waals surface area (Å²) in [6.45, 7) is 1.79. The number of halogens is 3. The molecule has 0 aliphatic carbocycles. The van der Waals surface area contributed by atoms with Gasteiger partial charge in [0, 0.05) is 11.8 Å². The maximum atomic E-state index is 14.1. The van der Waals surface area contributed by atoms with Gasteiger partial charge in [0.15, 0.2) is 5.82 Å². The van der Waals surface area contributed by atoms with E-state index in [0.717, 1.165) is 6.07 Å². The van der Waals surface area contributed by atoms with Crippen molar-refractivity contribution in [2.24, 2.45) is 0 Å². The third-order valence-electron chi connectivity index (χ3n) is 4.07. The summed E-state index contributed by atoms with van der Waals surface area (Å²) < 4.78 is 38.0. The molecule has 0 saturated carbocycles. The van der Waals surface area contributed by atoms with Crippen LogP contribution in [0, 0.1) is 11.6 Å². The molecule has 9 heteroatoms. The van der Waals surface area contributed by atoms with Crippen molar-refractivity contribution in [3.8, 4) is 22.9 Å². The molecule has 0 spiro atoms. The fraction of sp³-hybridized carbons (Fsp3) is 0.182. The number of carbonyl (C=O) groups excluding carboxylic acids is 2. The number of carbonyl (C=O) groups is 2. The molecule has 3 aromatic rings. The van der Waals surface area contributed by atoms with Gasteiger partial charge in [-0.25, -0.2) is 18.7 Å². The highest BCUT2D eigenvalue weighted by atomic mass is 35.5. The third kappa shape index (κ3) is 6.05. The molecule has 0 aliphatic heterocycles. The smallest absolute Gasteiger partial charge is 0.313 e. The number of ketones is 1. The van der Waals surface area contributed by atoms with E-state index in [0.29, 0.717) is 17.0 Å². The second-order valence-electron chi connectivity index (χ2n) is 6.39. The van der Waals surface area contributed by atoms with Gasteiger partial charge in [-0.3, -0.25) is 9.59 Å². The Labute approximate surface area is 181 Å². The molecule has 2 aromatic heterocycles. The summed E-state index contributed by atoms with van der Waals surface area (Å²) in [6.07, 6.45) is 0.489. The topological polar surface area (TPSA) is 78.4 Å². The maximum absolute atomic E-state index is 14.1. The predicted octanol–water partition coefficient (Wildman–Crippen LogP) is 4.93. The van der Waals surface area contributed by atoms with E-state index in [2.05, 4.69) is 9.97 Å². The van der Waals surface area contributed by atoms with Gasteiger partial charge in [-0.1, -0.05) is 11.6 Å². The molecule has 31 heavy (non-hydrogen) atoms. The Morgan fingerprint density at radius 3 is 2.48 bits per heavy atom. The fourth-order valence-corrected chi connectivity index (χ4v) is 2.82. The summed E-state index contributed by atoms with van der Waals surface area (Å²) in [5.74, 6) is -2.41. The number of pyridine rings is 2. The number of benzene rings is 1. The minimum atomic E-state index is -0.700. The van der Waals surface area contributed by atoms with Crippen molar-refractivity contribution in [3.63, 3.8) is 0 Å². The highest BCUT2D eigenvalue weighted by molar-refractivity contribution is 6.30. The van der Waals surface area contributed by atoms with Gasteiger partial charge in [-0.2, -0.15) is 0 Å². The van der Waals surface area contributed by atoms with Crippen LogP contribution in [0.5, 0.6) is 11.6 Å². The summed E-state index contributed by atoms with van der Waals surface area (Å²) in [7, 11) is 0. The van der Waals surface area contributed by atoms with Gasteiger partial charge in [0.2, 0.25) is 0 Å². The van der Waals surface area contributed by atoms with Crippen LogP contribution < -0.4 is 4.74 Å². The number of nitrogens with zero attached hydrogens (tertiary/aromatic N) is 2. The van der Waals surface area contributed by atoms with Crippen LogP contribution in [0.1, 0.15) is 19.0 Å². The standard InChI is InChI=1S/C22H17ClF2N2O4/c1-2-30-21(29)11-15(28)10-20-17(24)7-8-19(27-20)13-3-5-16(6-4-13)31-22-18(25)9-14(23)12-26-22/h3-9,12H,2,10-11H2,1H3. The van der Waals surface area contributed by atoms with Crippen molar-refractivity contribution in [2.75, 3.05) is 6.61 Å². The summed E-state index contributed by atoms with van der Waals surface area (Å²) >= 11 is 5.67. The second-order valence-corrected chi connectivity index (χ2v) is 6.83. The van der Waals surface area contributed by atoms with E-state index in [1.807, 2.05) is 0 Å². The number of esters is 1. The monoisotopic (exact) mass is 446 g/mol. The van der Waals surface area contributed by atoms with Crippen molar-refractivity contribution in [1.82, 2.24) is 9.97 Å². The average molecular weight is 447 g/mol. The molecule has 0 N–H and O–H groups in total. The minimum absolute atomic E-state index is 0.0699. The lowest BCUT2D eigenvalue weighted by Gasteiger charge is -2.08. The SMILES string of the molecule is CCOC(=O)CC(=O)Cc1nc(-c2ccc(Oc3ncc(Cl)cc3F)cc2)ccc1F. The summed E-state index contributed by atoms with van der Waals surface area (Å²) in [6, 6.07) is 10.2. The first-order chi connectivity index (χ1) is 14.9. The van der Waals surface area contributed by atoms with Crippen LogP contribution in [-0.2, 0) is 20.7 Å². The molecule has 0 radical (unpaired) electrons. The van der Waals surface area contributed by atoms with Crippen molar-refractivity contribution < 1.29 is 27.8 Å². The lowest BCUT2D eigenvalue weighted by molar-refractivity contribution is -0.145. The summed E-state index contributed by atoms with van der Waals surface area (Å²) in [5, 5.41) is 0.152. The second kappa shape index (κ2) is 10.1. The van der Waals surface area contributed by atoms with E-state index in [9.17, 15) is 18.4 Å². The van der Waals surface area contributed by atoms with Gasteiger partial charge in [-0.15, -0.1) is 0 Å². The summed E-state index contributed by atoms with van der Waals surface area (Å²) in [5.41, 5.74) is 0.971. The van der Waals surface area contributed by atoms with E-state index >= 15 is 0 Å². The van der Waals surface area contributed by atoms with Crippen LogP contribution in [0.3, 0.4) is 0 Å². The van der Waals surface area contributed by atoms with Gasteiger partial charge < -0.3 is 9.47 Å². The predicted molar refractivity (Wildman–Crippen MR) is 109 cm³/mol. The first kappa shape index (κ1) is 22.3. The largest absolute Gasteiger partial charge is 0.466 e. The Morgan fingerprint density at radius 1 is 1.06 bits per heavy atom. The molecule has 0 saturated heterocycles. The van der Waals surface area contributed by atoms with Crippen molar-refractivity contribution >= 4 is 23.4 Å². The first-order valence-electron chi connectivity index (χ1n) is 9.27. The van der Waals surface area contributed by atoms with Gasteiger partial charge in [0.25, 0.3) is 5.88 Å². The molecule has 0 amide bonds. The molecule has 1 aromatic carbocycles. The quantitative estimate of drug-likeness (QED) is 0.360. The molecule has 0 fully saturated rings. The molecular weight excluding hydrogens is 430 g/mol. The van der Waals surface area contributed by atoms with E-state index < -0.39 is 29.8 Å². The fourth-order valence-electron chi connectivity index (χ4n) is 2.67. The maximum Gasteiger partial charge on any atom is 0.313 e. The summed E-state index contributed by atoms with van der Waals surface area (Å²) in [4.78, 5) is 31.4. The lowest BCUT2D eigenvalue weighted by atomic mass is 10.1. The number of hydrogen-bond donors (Lipinski definition) is 0. The Kier molecular flexibility index (Phi) is 7.25.